The Hall–Kier alpha value is -2.50. The van der Waals surface area contributed by atoms with Crippen molar-refractivity contribution < 1.29 is 22.7 Å². The minimum absolute atomic E-state index is 0.0118. The molecule has 1 aliphatic carbocycles. The SMILES string of the molecule is Cc1ccc(NC(=O)C(C)C2CCC3(CC2)COc2cc(C(F)(F)F)ccc23)cc1. The average Bonchev–Trinajstić information content (AvgIpc) is 3.07. The number of benzene rings is 2. The van der Waals surface area contributed by atoms with Crippen molar-refractivity contribution in [3.05, 3.63) is 59.2 Å². The number of aryl methyl sites for hydroxylation is 1. The van der Waals surface area contributed by atoms with Crippen LogP contribution in [0.1, 0.15) is 49.3 Å². The van der Waals surface area contributed by atoms with Gasteiger partial charge in [-0.15, -0.1) is 0 Å². The number of anilines is 1. The van der Waals surface area contributed by atoms with Crippen LogP contribution < -0.4 is 10.1 Å². The number of ether oxygens (including phenoxy) is 1. The number of carbonyl (C=O) groups is 1. The van der Waals surface area contributed by atoms with Gasteiger partial charge in [-0.3, -0.25) is 4.79 Å². The summed E-state index contributed by atoms with van der Waals surface area (Å²) in [5.41, 5.74) is 1.91. The van der Waals surface area contributed by atoms with Gasteiger partial charge < -0.3 is 10.1 Å². The van der Waals surface area contributed by atoms with Crippen molar-refractivity contribution in [2.45, 2.75) is 51.1 Å². The molecule has 0 radical (unpaired) electrons. The zero-order chi connectivity index (χ0) is 21.5. The van der Waals surface area contributed by atoms with Gasteiger partial charge in [0.1, 0.15) is 5.75 Å². The highest BCUT2D eigenvalue weighted by molar-refractivity contribution is 5.92. The summed E-state index contributed by atoms with van der Waals surface area (Å²) < 4.78 is 44.6. The second-order valence-corrected chi connectivity index (χ2v) is 8.76. The van der Waals surface area contributed by atoms with Crippen molar-refractivity contribution in [3.63, 3.8) is 0 Å². The fourth-order valence-corrected chi connectivity index (χ4v) is 4.76. The van der Waals surface area contributed by atoms with Crippen LogP contribution in [0.3, 0.4) is 0 Å². The van der Waals surface area contributed by atoms with E-state index in [1.165, 1.54) is 0 Å². The molecule has 1 spiro atoms. The molecular weight excluding hydrogens is 391 g/mol. The van der Waals surface area contributed by atoms with E-state index in [0.717, 1.165) is 54.6 Å². The Morgan fingerprint density at radius 2 is 1.80 bits per heavy atom. The van der Waals surface area contributed by atoms with Crippen molar-refractivity contribution in [1.82, 2.24) is 0 Å². The lowest BCUT2D eigenvalue weighted by Crippen LogP contribution is -2.37. The number of halogens is 3. The maximum absolute atomic E-state index is 13.0. The number of nitrogens with one attached hydrogen (secondary N) is 1. The summed E-state index contributed by atoms with van der Waals surface area (Å²) in [7, 11) is 0. The largest absolute Gasteiger partial charge is 0.492 e. The molecule has 2 aromatic rings. The summed E-state index contributed by atoms with van der Waals surface area (Å²) in [5, 5.41) is 2.99. The van der Waals surface area contributed by atoms with Crippen LogP contribution in [-0.4, -0.2) is 12.5 Å². The van der Waals surface area contributed by atoms with Crippen molar-refractivity contribution in [2.24, 2.45) is 11.8 Å². The van der Waals surface area contributed by atoms with E-state index in [9.17, 15) is 18.0 Å². The van der Waals surface area contributed by atoms with Gasteiger partial charge in [-0.05, 0) is 62.8 Å². The highest BCUT2D eigenvalue weighted by Gasteiger charge is 2.45. The molecular formula is C24H26F3NO2. The van der Waals surface area contributed by atoms with E-state index in [4.69, 9.17) is 4.74 Å². The third-order valence-electron chi connectivity index (χ3n) is 6.81. The molecule has 0 bridgehead atoms. The van der Waals surface area contributed by atoms with Crippen LogP contribution in [0.2, 0.25) is 0 Å². The molecule has 1 fully saturated rings. The van der Waals surface area contributed by atoms with Crippen molar-refractivity contribution in [3.8, 4) is 5.75 Å². The quantitative estimate of drug-likeness (QED) is 0.654. The number of amides is 1. The van der Waals surface area contributed by atoms with Gasteiger partial charge in [-0.1, -0.05) is 30.7 Å². The molecule has 1 amide bonds. The normalized spacial score (nSPS) is 24.2. The Bertz CT molecular complexity index is 928. The second-order valence-electron chi connectivity index (χ2n) is 8.76. The molecule has 30 heavy (non-hydrogen) atoms. The predicted octanol–water partition coefficient (Wildman–Crippen LogP) is 6.11. The molecule has 2 aliphatic rings. The van der Waals surface area contributed by atoms with Gasteiger partial charge in [-0.25, -0.2) is 0 Å². The zero-order valence-corrected chi connectivity index (χ0v) is 17.2. The Morgan fingerprint density at radius 1 is 1.13 bits per heavy atom. The molecule has 2 aromatic carbocycles. The molecule has 1 atom stereocenters. The maximum Gasteiger partial charge on any atom is 0.416 e. The lowest BCUT2D eigenvalue weighted by atomic mass is 9.65. The third-order valence-corrected chi connectivity index (χ3v) is 6.81. The topological polar surface area (TPSA) is 38.3 Å². The predicted molar refractivity (Wildman–Crippen MR) is 110 cm³/mol. The van der Waals surface area contributed by atoms with Crippen LogP contribution in [-0.2, 0) is 16.4 Å². The fourth-order valence-electron chi connectivity index (χ4n) is 4.76. The van der Waals surface area contributed by atoms with E-state index >= 15 is 0 Å². The van der Waals surface area contributed by atoms with Crippen molar-refractivity contribution >= 4 is 11.6 Å². The third kappa shape index (κ3) is 3.92. The van der Waals surface area contributed by atoms with Crippen LogP contribution in [0.4, 0.5) is 18.9 Å². The van der Waals surface area contributed by atoms with E-state index < -0.39 is 11.7 Å². The average molecular weight is 417 g/mol. The number of rotatable bonds is 3. The summed E-state index contributed by atoms with van der Waals surface area (Å²) >= 11 is 0. The monoisotopic (exact) mass is 417 g/mol. The van der Waals surface area contributed by atoms with Crippen LogP contribution in [0.25, 0.3) is 0 Å². The number of alkyl halides is 3. The maximum atomic E-state index is 13.0. The summed E-state index contributed by atoms with van der Waals surface area (Å²) in [4.78, 5) is 12.7. The first-order chi connectivity index (χ1) is 14.2. The first kappa shape index (κ1) is 20.8. The Kier molecular flexibility index (Phi) is 5.28. The standard InChI is InChI=1S/C24H26F3NO2/c1-15-3-6-19(7-4-15)28-22(29)16(2)17-9-11-23(12-10-17)14-30-21-13-18(24(25,26)27)5-8-20(21)23/h3-8,13,16-17H,9-12,14H2,1-2H3,(H,28,29). The molecule has 1 heterocycles. The van der Waals surface area contributed by atoms with Crippen molar-refractivity contribution in [1.29, 1.82) is 0 Å². The number of fused-ring (bicyclic) bond motifs is 2. The Balaban J connectivity index is 1.41. The molecule has 0 saturated heterocycles. The lowest BCUT2D eigenvalue weighted by molar-refractivity contribution is -0.137. The highest BCUT2D eigenvalue weighted by atomic mass is 19.4. The number of carbonyl (C=O) groups excluding carboxylic acids is 1. The van der Waals surface area contributed by atoms with E-state index in [1.54, 1.807) is 6.07 Å². The summed E-state index contributed by atoms with van der Waals surface area (Å²) in [5.74, 6) is 0.490. The molecule has 3 nitrogen and oxygen atoms in total. The van der Waals surface area contributed by atoms with E-state index in [-0.39, 0.29) is 23.2 Å². The molecule has 1 N–H and O–H groups in total. The summed E-state index contributed by atoms with van der Waals surface area (Å²) in [6.45, 7) is 4.38. The van der Waals surface area contributed by atoms with Crippen molar-refractivity contribution in [2.75, 3.05) is 11.9 Å². The van der Waals surface area contributed by atoms with E-state index in [1.807, 2.05) is 38.1 Å². The van der Waals surface area contributed by atoms with Gasteiger partial charge in [0.2, 0.25) is 5.91 Å². The minimum atomic E-state index is -4.37. The fraction of sp³-hybridized carbons (Fsp3) is 0.458. The number of hydrogen-bond donors (Lipinski definition) is 1. The molecule has 4 rings (SSSR count). The van der Waals surface area contributed by atoms with E-state index in [2.05, 4.69) is 5.32 Å². The second kappa shape index (κ2) is 7.64. The lowest BCUT2D eigenvalue weighted by Gasteiger charge is -2.38. The van der Waals surface area contributed by atoms with Gasteiger partial charge in [0.05, 0.1) is 12.2 Å². The molecule has 1 unspecified atom stereocenters. The Morgan fingerprint density at radius 3 is 2.43 bits per heavy atom. The van der Waals surface area contributed by atoms with E-state index in [0.29, 0.717) is 12.4 Å². The van der Waals surface area contributed by atoms with Crippen LogP contribution in [0, 0.1) is 18.8 Å². The van der Waals surface area contributed by atoms with Crippen LogP contribution in [0.15, 0.2) is 42.5 Å². The summed E-state index contributed by atoms with van der Waals surface area (Å²) in [6, 6.07) is 11.6. The van der Waals surface area contributed by atoms with Gasteiger partial charge in [0.15, 0.2) is 0 Å². The molecule has 6 heteroatoms. The van der Waals surface area contributed by atoms with Gasteiger partial charge >= 0.3 is 6.18 Å². The van der Waals surface area contributed by atoms with Gasteiger partial charge in [0, 0.05) is 22.6 Å². The first-order valence-corrected chi connectivity index (χ1v) is 10.4. The molecule has 160 valence electrons. The minimum Gasteiger partial charge on any atom is -0.492 e. The summed E-state index contributed by atoms with van der Waals surface area (Å²) in [6.07, 6.45) is -1.03. The number of hydrogen-bond acceptors (Lipinski definition) is 2. The van der Waals surface area contributed by atoms with Gasteiger partial charge in [-0.2, -0.15) is 13.2 Å². The molecule has 1 aliphatic heterocycles. The van der Waals surface area contributed by atoms with Crippen LogP contribution >= 0.6 is 0 Å². The van der Waals surface area contributed by atoms with Crippen LogP contribution in [0.5, 0.6) is 5.75 Å². The van der Waals surface area contributed by atoms with Gasteiger partial charge in [0.25, 0.3) is 0 Å². The first-order valence-electron chi connectivity index (χ1n) is 10.4. The smallest absolute Gasteiger partial charge is 0.416 e. The zero-order valence-electron chi connectivity index (χ0n) is 17.2. The highest BCUT2D eigenvalue weighted by Crippen LogP contribution is 2.51. The molecule has 1 saturated carbocycles. The Labute approximate surface area is 174 Å². The molecule has 0 aromatic heterocycles.